The third kappa shape index (κ3) is 3.25. The van der Waals surface area contributed by atoms with Crippen LogP contribution in [0.1, 0.15) is 0 Å². The lowest BCUT2D eigenvalue weighted by molar-refractivity contribution is 0.601. The van der Waals surface area contributed by atoms with E-state index in [0.29, 0.717) is 16.1 Å². The van der Waals surface area contributed by atoms with Crippen LogP contribution in [0.3, 0.4) is 0 Å². The van der Waals surface area contributed by atoms with Gasteiger partial charge in [0.2, 0.25) is 5.95 Å². The summed E-state index contributed by atoms with van der Waals surface area (Å²) in [6.07, 6.45) is 1.63. The van der Waals surface area contributed by atoms with Gasteiger partial charge in [0.05, 0.1) is 11.2 Å². The molecule has 0 aliphatic rings. The summed E-state index contributed by atoms with van der Waals surface area (Å²) in [5, 5.41) is 10.8. The Morgan fingerprint density at radius 3 is 2.57 bits per heavy atom. The fourth-order valence-electron chi connectivity index (χ4n) is 2.28. The summed E-state index contributed by atoms with van der Waals surface area (Å²) < 4.78 is 11.8. The first-order valence-corrected chi connectivity index (χ1v) is 8.42. The highest BCUT2D eigenvalue weighted by molar-refractivity contribution is 7.90. The molecule has 1 aromatic heterocycles. The van der Waals surface area contributed by atoms with Gasteiger partial charge in [-0.2, -0.15) is 0 Å². The lowest BCUT2D eigenvalue weighted by Gasteiger charge is -2.11. The van der Waals surface area contributed by atoms with Gasteiger partial charge >= 0.3 is 0 Å². The summed E-state index contributed by atoms with van der Waals surface area (Å²) in [4.78, 5) is 9.54. The summed E-state index contributed by atoms with van der Waals surface area (Å²) in [6, 6.07) is 15.1. The van der Waals surface area contributed by atoms with Crippen LogP contribution in [0.25, 0.3) is 22.2 Å². The summed E-state index contributed by atoms with van der Waals surface area (Å²) in [7, 11) is 0. The number of nitrogens with one attached hydrogen (secondary N) is 2. The zero-order valence-corrected chi connectivity index (χ0v) is 13.2. The molecule has 6 nitrogen and oxygen atoms in total. The maximum Gasteiger partial charge on any atom is 0.230 e. The van der Waals surface area contributed by atoms with Gasteiger partial charge < -0.3 is 10.3 Å². The Morgan fingerprint density at radius 1 is 1.17 bits per heavy atom. The Kier molecular flexibility index (Phi) is 4.14. The first-order chi connectivity index (χ1) is 11.0. The molecular weight excluding hydrogens is 310 g/mol. The maximum atomic E-state index is 11.8. The number of rotatable bonds is 3. The van der Waals surface area contributed by atoms with Gasteiger partial charge in [-0.15, -0.1) is 0 Å². The number of nitrogens with zero attached hydrogens (tertiary/aromatic N) is 2. The van der Waals surface area contributed by atoms with E-state index in [1.165, 1.54) is 0 Å². The molecule has 0 aliphatic carbocycles. The Hall–Kier alpha value is -2.64. The van der Waals surface area contributed by atoms with E-state index in [4.69, 9.17) is 11.1 Å². The van der Waals surface area contributed by atoms with Gasteiger partial charge in [0.15, 0.2) is 10.9 Å². The molecule has 4 N–H and O–H groups in total. The molecule has 3 rings (SSSR count). The maximum absolute atomic E-state index is 11.8. The average Bonchev–Trinajstić information content (AvgIpc) is 2.54. The number of hydrogen-bond donors (Lipinski definition) is 3. The highest BCUT2D eigenvalue weighted by atomic mass is 32.2. The Labute approximate surface area is 136 Å². The van der Waals surface area contributed by atoms with Crippen LogP contribution >= 0.6 is 0 Å². The molecule has 0 spiro atoms. The van der Waals surface area contributed by atoms with Crippen LogP contribution in [0, 0.1) is 5.41 Å². The molecule has 7 heteroatoms. The van der Waals surface area contributed by atoms with Gasteiger partial charge in [0.25, 0.3) is 0 Å². The molecule has 0 aliphatic heterocycles. The van der Waals surface area contributed by atoms with Crippen LogP contribution in [-0.4, -0.2) is 26.7 Å². The number of fused-ring (bicyclic) bond motifs is 1. The third-order valence-electron chi connectivity index (χ3n) is 3.29. The quantitative estimate of drug-likeness (QED) is 0.389. The number of guanidine groups is 1. The van der Waals surface area contributed by atoms with Crippen molar-refractivity contribution in [1.82, 2.24) is 9.97 Å². The lowest BCUT2D eigenvalue weighted by atomic mass is 10.1. The number of benzene rings is 2. The van der Waals surface area contributed by atoms with E-state index >= 15 is 0 Å². The van der Waals surface area contributed by atoms with Gasteiger partial charge in [-0.1, -0.05) is 30.3 Å². The van der Waals surface area contributed by atoms with E-state index in [-0.39, 0.29) is 11.9 Å². The molecule has 0 amide bonds. The normalized spacial score (nSPS) is 12.1. The van der Waals surface area contributed by atoms with Crippen molar-refractivity contribution >= 4 is 34.0 Å². The number of anilines is 1. The molecular formula is C16H15N5OS. The molecule has 1 atom stereocenters. The van der Waals surface area contributed by atoms with Gasteiger partial charge in [0.1, 0.15) is 6.26 Å². The number of nitrogens with two attached hydrogens (primary N) is 1. The minimum Gasteiger partial charge on any atom is -0.612 e. The van der Waals surface area contributed by atoms with Crippen molar-refractivity contribution in [3.05, 3.63) is 48.5 Å². The summed E-state index contributed by atoms with van der Waals surface area (Å²) in [5.74, 6) is 0.0314. The van der Waals surface area contributed by atoms with Gasteiger partial charge in [-0.3, -0.25) is 10.7 Å². The summed E-state index contributed by atoms with van der Waals surface area (Å²) >= 11 is -1.09. The minimum atomic E-state index is -1.09. The average molecular weight is 325 g/mol. The molecule has 1 unspecified atom stereocenters. The summed E-state index contributed by atoms with van der Waals surface area (Å²) in [6.45, 7) is 0. The van der Waals surface area contributed by atoms with Crippen molar-refractivity contribution in [2.75, 3.05) is 11.6 Å². The van der Waals surface area contributed by atoms with Crippen molar-refractivity contribution in [2.24, 2.45) is 5.73 Å². The monoisotopic (exact) mass is 325 g/mol. The fourth-order valence-corrected chi connectivity index (χ4v) is 2.82. The molecule has 0 fully saturated rings. The first-order valence-electron chi connectivity index (χ1n) is 6.86. The smallest absolute Gasteiger partial charge is 0.230 e. The van der Waals surface area contributed by atoms with Gasteiger partial charge in [0, 0.05) is 17.0 Å². The Bertz CT molecular complexity index is 867. The van der Waals surface area contributed by atoms with Crippen molar-refractivity contribution in [3.63, 3.8) is 0 Å². The van der Waals surface area contributed by atoms with E-state index in [0.717, 1.165) is 10.9 Å². The second-order valence-corrected chi connectivity index (χ2v) is 6.31. The van der Waals surface area contributed by atoms with E-state index in [2.05, 4.69) is 15.3 Å². The largest absolute Gasteiger partial charge is 0.612 e. The second-order valence-electron chi connectivity index (χ2n) is 4.93. The highest BCUT2D eigenvalue weighted by Crippen LogP contribution is 2.29. The fraction of sp³-hybridized carbons (Fsp3) is 0.0625. The van der Waals surface area contributed by atoms with E-state index < -0.39 is 11.2 Å². The predicted molar refractivity (Wildman–Crippen MR) is 92.8 cm³/mol. The Balaban J connectivity index is 2.27. The molecule has 0 bridgehead atoms. The number of hydrogen-bond acceptors (Lipinski definition) is 4. The van der Waals surface area contributed by atoms with Gasteiger partial charge in [-0.25, -0.2) is 9.97 Å². The van der Waals surface area contributed by atoms with Crippen molar-refractivity contribution < 1.29 is 4.55 Å². The molecule has 23 heavy (non-hydrogen) atoms. The van der Waals surface area contributed by atoms with Crippen LogP contribution in [0.2, 0.25) is 0 Å². The predicted octanol–water partition coefficient (Wildman–Crippen LogP) is 2.34. The van der Waals surface area contributed by atoms with Crippen molar-refractivity contribution in [3.8, 4) is 11.3 Å². The third-order valence-corrected chi connectivity index (χ3v) is 4.21. The SMILES string of the molecule is C[S+]([O-])c1ccc2nc(NC(=N)N)nc(-c3ccccc3)c2c1. The first kappa shape index (κ1) is 15.3. The number of aromatic nitrogens is 2. The van der Waals surface area contributed by atoms with Crippen LogP contribution in [0.4, 0.5) is 5.95 Å². The van der Waals surface area contributed by atoms with E-state index in [1.807, 2.05) is 36.4 Å². The summed E-state index contributed by atoms with van der Waals surface area (Å²) in [5.41, 5.74) is 7.67. The Morgan fingerprint density at radius 2 is 1.91 bits per heavy atom. The standard InChI is InChI=1S/C16H15N5OS/c1-23(22)11-7-8-13-12(9-11)14(10-5-3-2-4-6-10)20-16(19-13)21-15(17)18/h2-9H,1H3,(H4,17,18,19,20,21). The van der Waals surface area contributed by atoms with Crippen LogP contribution < -0.4 is 11.1 Å². The van der Waals surface area contributed by atoms with Crippen LogP contribution in [0.5, 0.6) is 0 Å². The zero-order valence-electron chi connectivity index (χ0n) is 12.4. The molecule has 3 aromatic rings. The molecule has 0 radical (unpaired) electrons. The minimum absolute atomic E-state index is 0.227. The molecule has 1 heterocycles. The van der Waals surface area contributed by atoms with Gasteiger partial charge in [-0.05, 0) is 23.3 Å². The molecule has 0 saturated carbocycles. The van der Waals surface area contributed by atoms with Crippen molar-refractivity contribution in [1.29, 1.82) is 5.41 Å². The van der Waals surface area contributed by atoms with E-state index in [1.54, 1.807) is 18.4 Å². The van der Waals surface area contributed by atoms with Crippen molar-refractivity contribution in [2.45, 2.75) is 4.90 Å². The molecule has 0 saturated heterocycles. The van der Waals surface area contributed by atoms with Crippen LogP contribution in [-0.2, 0) is 11.2 Å². The van der Waals surface area contributed by atoms with E-state index in [9.17, 15) is 4.55 Å². The molecule has 116 valence electrons. The second kappa shape index (κ2) is 6.23. The van der Waals surface area contributed by atoms with Crippen LogP contribution in [0.15, 0.2) is 53.4 Å². The highest BCUT2D eigenvalue weighted by Gasteiger charge is 2.13. The topological polar surface area (TPSA) is 111 Å². The molecule has 2 aromatic carbocycles. The zero-order chi connectivity index (χ0) is 16.4. The lowest BCUT2D eigenvalue weighted by Crippen LogP contribution is -2.22.